The molecule has 32 heavy (non-hydrogen) atoms. The van der Waals surface area contributed by atoms with Gasteiger partial charge in [0.1, 0.15) is 11.4 Å². The molecular formula is C24H20BrN3O4. The summed E-state index contributed by atoms with van der Waals surface area (Å²) < 4.78 is 5.97. The van der Waals surface area contributed by atoms with Crippen molar-refractivity contribution in [1.29, 1.82) is 0 Å². The highest BCUT2D eigenvalue weighted by Crippen LogP contribution is 2.14. The molecular weight excluding hydrogens is 474 g/mol. The Morgan fingerprint density at radius 2 is 1.41 bits per heavy atom. The minimum Gasteiger partial charge on any atom is -0.497 e. The van der Waals surface area contributed by atoms with Crippen LogP contribution < -0.4 is 20.9 Å². The van der Waals surface area contributed by atoms with E-state index >= 15 is 0 Å². The predicted octanol–water partition coefficient (Wildman–Crippen LogP) is 3.69. The number of benzene rings is 3. The van der Waals surface area contributed by atoms with Gasteiger partial charge in [-0.2, -0.15) is 0 Å². The molecule has 0 atom stereocenters. The topological polar surface area (TPSA) is 96.5 Å². The third kappa shape index (κ3) is 6.29. The molecule has 0 saturated carbocycles. The van der Waals surface area contributed by atoms with Crippen LogP contribution >= 0.6 is 15.9 Å². The summed E-state index contributed by atoms with van der Waals surface area (Å²) in [6.07, 6.45) is 1.51. The van der Waals surface area contributed by atoms with Crippen LogP contribution in [0.25, 0.3) is 6.08 Å². The van der Waals surface area contributed by atoms with Gasteiger partial charge < -0.3 is 10.1 Å². The summed E-state index contributed by atoms with van der Waals surface area (Å²) in [7, 11) is 1.53. The second-order valence-electron chi connectivity index (χ2n) is 6.57. The summed E-state index contributed by atoms with van der Waals surface area (Å²) in [5.41, 5.74) is 6.05. The van der Waals surface area contributed by atoms with Gasteiger partial charge in [-0.3, -0.25) is 25.2 Å². The normalized spacial score (nSPS) is 10.8. The Labute approximate surface area is 193 Å². The van der Waals surface area contributed by atoms with E-state index in [9.17, 15) is 14.4 Å². The number of hydrazine groups is 1. The van der Waals surface area contributed by atoms with Gasteiger partial charge in [0.25, 0.3) is 17.7 Å². The molecule has 3 N–H and O–H groups in total. The van der Waals surface area contributed by atoms with Crippen LogP contribution in [0.2, 0.25) is 0 Å². The first kappa shape index (κ1) is 22.8. The zero-order valence-corrected chi connectivity index (χ0v) is 18.7. The van der Waals surface area contributed by atoms with E-state index in [0.717, 1.165) is 4.47 Å². The summed E-state index contributed by atoms with van der Waals surface area (Å²) >= 11 is 3.36. The molecule has 3 aromatic rings. The van der Waals surface area contributed by atoms with Crippen LogP contribution in [0.5, 0.6) is 5.75 Å². The molecule has 0 aliphatic heterocycles. The Morgan fingerprint density at radius 1 is 0.781 bits per heavy atom. The van der Waals surface area contributed by atoms with Crippen molar-refractivity contribution in [2.75, 3.05) is 7.11 Å². The Morgan fingerprint density at radius 3 is 2.03 bits per heavy atom. The van der Waals surface area contributed by atoms with Gasteiger partial charge in [0.05, 0.1) is 7.11 Å². The smallest absolute Gasteiger partial charge is 0.286 e. The monoisotopic (exact) mass is 493 g/mol. The lowest BCUT2D eigenvalue weighted by Crippen LogP contribution is -2.45. The lowest BCUT2D eigenvalue weighted by Gasteiger charge is -2.12. The van der Waals surface area contributed by atoms with E-state index in [0.29, 0.717) is 22.4 Å². The van der Waals surface area contributed by atoms with E-state index in [-0.39, 0.29) is 5.70 Å². The maximum absolute atomic E-state index is 12.8. The zero-order chi connectivity index (χ0) is 22.9. The molecule has 0 aliphatic carbocycles. The van der Waals surface area contributed by atoms with Crippen LogP contribution in [-0.2, 0) is 4.79 Å². The van der Waals surface area contributed by atoms with Crippen molar-refractivity contribution in [3.05, 3.63) is 106 Å². The van der Waals surface area contributed by atoms with Crippen molar-refractivity contribution in [3.63, 3.8) is 0 Å². The number of amides is 3. The molecule has 3 rings (SSSR count). The van der Waals surface area contributed by atoms with Crippen molar-refractivity contribution >= 4 is 39.7 Å². The van der Waals surface area contributed by atoms with Crippen LogP contribution in [0.3, 0.4) is 0 Å². The predicted molar refractivity (Wildman–Crippen MR) is 125 cm³/mol. The average Bonchev–Trinajstić information content (AvgIpc) is 2.83. The van der Waals surface area contributed by atoms with Gasteiger partial charge in [-0.05, 0) is 60.2 Å². The number of methoxy groups -OCH3 is 1. The largest absolute Gasteiger partial charge is 0.497 e. The molecule has 0 saturated heterocycles. The molecule has 8 heteroatoms. The van der Waals surface area contributed by atoms with Crippen molar-refractivity contribution in [2.24, 2.45) is 0 Å². The lowest BCUT2D eigenvalue weighted by atomic mass is 10.1. The molecule has 0 spiro atoms. The van der Waals surface area contributed by atoms with Gasteiger partial charge in [0, 0.05) is 15.6 Å². The third-order valence-corrected chi connectivity index (χ3v) is 4.88. The summed E-state index contributed by atoms with van der Waals surface area (Å²) in [5.74, 6) is -1.04. The molecule has 0 unspecified atom stereocenters. The van der Waals surface area contributed by atoms with E-state index in [1.54, 1.807) is 66.7 Å². The maximum atomic E-state index is 12.8. The van der Waals surface area contributed by atoms with Crippen molar-refractivity contribution in [2.45, 2.75) is 0 Å². The minimum atomic E-state index is -0.681. The van der Waals surface area contributed by atoms with E-state index < -0.39 is 17.7 Å². The molecule has 0 radical (unpaired) electrons. The first-order chi connectivity index (χ1) is 15.5. The number of carbonyl (C=O) groups excluding carboxylic acids is 3. The molecule has 0 fully saturated rings. The van der Waals surface area contributed by atoms with Crippen LogP contribution in [0, 0.1) is 0 Å². The van der Waals surface area contributed by atoms with Gasteiger partial charge in [-0.15, -0.1) is 0 Å². The van der Waals surface area contributed by atoms with Gasteiger partial charge in [0.15, 0.2) is 0 Å². The minimum absolute atomic E-state index is 0.0403. The van der Waals surface area contributed by atoms with Crippen molar-refractivity contribution in [1.82, 2.24) is 16.2 Å². The van der Waals surface area contributed by atoms with E-state index in [1.807, 2.05) is 12.1 Å². The highest BCUT2D eigenvalue weighted by atomic mass is 79.9. The van der Waals surface area contributed by atoms with Crippen molar-refractivity contribution in [3.8, 4) is 5.75 Å². The second kappa shape index (κ2) is 10.9. The SMILES string of the molecule is COc1ccc(C(=O)N/C(=C/c2ccc(Br)cc2)C(=O)NNC(=O)c2ccccc2)cc1. The fourth-order valence-corrected chi connectivity index (χ4v) is 2.93. The van der Waals surface area contributed by atoms with Crippen LogP contribution in [-0.4, -0.2) is 24.8 Å². The van der Waals surface area contributed by atoms with E-state index in [4.69, 9.17) is 4.74 Å². The summed E-state index contributed by atoms with van der Waals surface area (Å²) in [6.45, 7) is 0. The first-order valence-electron chi connectivity index (χ1n) is 9.54. The Balaban J connectivity index is 1.78. The summed E-state index contributed by atoms with van der Waals surface area (Å²) in [6, 6.07) is 22.1. The molecule has 7 nitrogen and oxygen atoms in total. The van der Waals surface area contributed by atoms with Crippen LogP contribution in [0.4, 0.5) is 0 Å². The van der Waals surface area contributed by atoms with E-state index in [2.05, 4.69) is 32.1 Å². The fourth-order valence-electron chi connectivity index (χ4n) is 2.66. The molecule has 0 heterocycles. The third-order valence-electron chi connectivity index (χ3n) is 4.35. The van der Waals surface area contributed by atoms with E-state index in [1.165, 1.54) is 13.2 Å². The van der Waals surface area contributed by atoms with Gasteiger partial charge in [0.2, 0.25) is 0 Å². The van der Waals surface area contributed by atoms with Crippen LogP contribution in [0.1, 0.15) is 26.3 Å². The molecule has 0 aliphatic rings. The number of hydrogen-bond donors (Lipinski definition) is 3. The Hall–Kier alpha value is -3.91. The zero-order valence-electron chi connectivity index (χ0n) is 17.1. The maximum Gasteiger partial charge on any atom is 0.286 e. The fraction of sp³-hybridized carbons (Fsp3) is 0.0417. The molecule has 0 bridgehead atoms. The number of nitrogens with one attached hydrogen (secondary N) is 3. The average molecular weight is 494 g/mol. The van der Waals surface area contributed by atoms with Gasteiger partial charge in [-0.1, -0.05) is 46.3 Å². The standard InChI is InChI=1S/C24H20BrN3O4/c1-32-20-13-9-18(10-14-20)22(29)26-21(15-16-7-11-19(25)12-8-16)24(31)28-27-23(30)17-5-3-2-4-6-17/h2-15H,1H3,(H,26,29)(H,27,30)(H,28,31)/b21-15+. The summed E-state index contributed by atoms with van der Waals surface area (Å²) in [4.78, 5) is 37.7. The van der Waals surface area contributed by atoms with Crippen LogP contribution in [0.15, 0.2) is 89.0 Å². The Kier molecular flexibility index (Phi) is 7.77. The molecule has 162 valence electrons. The lowest BCUT2D eigenvalue weighted by molar-refractivity contribution is -0.118. The first-order valence-corrected chi connectivity index (χ1v) is 10.3. The number of carbonyl (C=O) groups is 3. The van der Waals surface area contributed by atoms with Gasteiger partial charge in [-0.25, -0.2) is 0 Å². The summed E-state index contributed by atoms with van der Waals surface area (Å²) in [5, 5.41) is 2.60. The van der Waals surface area contributed by atoms with Crippen molar-refractivity contribution < 1.29 is 19.1 Å². The number of rotatable bonds is 6. The number of ether oxygens (including phenoxy) is 1. The highest BCUT2D eigenvalue weighted by molar-refractivity contribution is 9.10. The highest BCUT2D eigenvalue weighted by Gasteiger charge is 2.16. The molecule has 3 aromatic carbocycles. The number of halogens is 1. The van der Waals surface area contributed by atoms with Gasteiger partial charge >= 0.3 is 0 Å². The molecule has 0 aromatic heterocycles. The quantitative estimate of drug-likeness (QED) is 0.360. The number of hydrogen-bond acceptors (Lipinski definition) is 4. The second-order valence-corrected chi connectivity index (χ2v) is 7.48. The Bertz CT molecular complexity index is 1130. The molecule has 3 amide bonds.